The Balaban J connectivity index is 1.74. The van der Waals surface area contributed by atoms with Crippen LogP contribution in [0.4, 0.5) is 11.4 Å². The highest BCUT2D eigenvalue weighted by Gasteiger charge is 2.36. The molecule has 1 saturated heterocycles. The molecule has 0 saturated carbocycles. The molecule has 0 bridgehead atoms. The Labute approximate surface area is 171 Å². The first-order valence-electron chi connectivity index (χ1n) is 10.1. The van der Waals surface area contributed by atoms with E-state index in [1.807, 2.05) is 0 Å². The molecule has 3 heteroatoms. The zero-order valence-corrected chi connectivity index (χ0v) is 16.5. The average molecular weight is 380 g/mol. The summed E-state index contributed by atoms with van der Waals surface area (Å²) in [6, 6.07) is 34.2. The van der Waals surface area contributed by atoms with Gasteiger partial charge in [0.05, 0.1) is 7.11 Å². The molecular formula is C26H24N2O. The van der Waals surface area contributed by atoms with E-state index in [4.69, 9.17) is 4.74 Å². The number of fused-ring (bicyclic) bond motifs is 1. The SMILES string of the molecule is COc1ccc2ccccc2c1C1N(c2ccccc2)CCN1c1ccccc1. The molecule has 0 N–H and O–H groups in total. The predicted octanol–water partition coefficient (Wildman–Crippen LogP) is 5.87. The third-order valence-electron chi connectivity index (χ3n) is 5.76. The van der Waals surface area contributed by atoms with Crippen LogP contribution in [0, 0.1) is 0 Å². The van der Waals surface area contributed by atoms with Crippen molar-refractivity contribution in [1.29, 1.82) is 0 Å². The lowest BCUT2D eigenvalue weighted by molar-refractivity contribution is 0.407. The Hall–Kier alpha value is -3.46. The van der Waals surface area contributed by atoms with Crippen LogP contribution in [0.1, 0.15) is 11.7 Å². The van der Waals surface area contributed by atoms with Crippen molar-refractivity contribution < 1.29 is 4.74 Å². The third kappa shape index (κ3) is 3.09. The minimum atomic E-state index is 0.0563. The van der Waals surface area contributed by atoms with Crippen LogP contribution in [0.25, 0.3) is 10.8 Å². The van der Waals surface area contributed by atoms with E-state index in [2.05, 4.69) is 107 Å². The normalized spacial score (nSPS) is 14.5. The zero-order valence-electron chi connectivity index (χ0n) is 16.5. The number of methoxy groups -OCH3 is 1. The van der Waals surface area contributed by atoms with Crippen LogP contribution in [0.3, 0.4) is 0 Å². The fourth-order valence-electron chi connectivity index (χ4n) is 4.44. The standard InChI is InChI=1S/C26H24N2O/c1-29-24-17-16-20-10-8-9-15-23(20)25(24)26-27(21-11-4-2-5-12-21)18-19-28(26)22-13-6-3-7-14-22/h2-17,26H,18-19H2,1H3. The summed E-state index contributed by atoms with van der Waals surface area (Å²) >= 11 is 0. The topological polar surface area (TPSA) is 15.7 Å². The Kier molecular flexibility index (Phi) is 4.57. The maximum atomic E-state index is 5.88. The van der Waals surface area contributed by atoms with Gasteiger partial charge in [-0.3, -0.25) is 0 Å². The van der Waals surface area contributed by atoms with Crippen LogP contribution in [0.15, 0.2) is 97.1 Å². The van der Waals surface area contributed by atoms with Crippen molar-refractivity contribution in [2.75, 3.05) is 30.0 Å². The first kappa shape index (κ1) is 17.6. The van der Waals surface area contributed by atoms with Gasteiger partial charge in [0.1, 0.15) is 11.9 Å². The number of rotatable bonds is 4. The number of benzene rings is 4. The van der Waals surface area contributed by atoms with Gasteiger partial charge in [0.25, 0.3) is 0 Å². The van der Waals surface area contributed by atoms with E-state index >= 15 is 0 Å². The van der Waals surface area contributed by atoms with Crippen molar-refractivity contribution in [3.8, 4) is 5.75 Å². The molecule has 1 aliphatic rings. The zero-order chi connectivity index (χ0) is 19.6. The summed E-state index contributed by atoms with van der Waals surface area (Å²) in [5.74, 6) is 0.928. The lowest BCUT2D eigenvalue weighted by Crippen LogP contribution is -2.31. The van der Waals surface area contributed by atoms with Gasteiger partial charge in [-0.2, -0.15) is 0 Å². The maximum absolute atomic E-state index is 5.88. The third-order valence-corrected chi connectivity index (χ3v) is 5.76. The molecule has 0 radical (unpaired) electrons. The van der Waals surface area contributed by atoms with Crippen molar-refractivity contribution in [1.82, 2.24) is 0 Å². The molecule has 1 aliphatic heterocycles. The lowest BCUT2D eigenvalue weighted by Gasteiger charge is -2.34. The van der Waals surface area contributed by atoms with Crippen LogP contribution in [0.2, 0.25) is 0 Å². The van der Waals surface area contributed by atoms with Gasteiger partial charge >= 0.3 is 0 Å². The number of ether oxygens (including phenoxy) is 1. The summed E-state index contributed by atoms with van der Waals surface area (Å²) in [4.78, 5) is 4.97. The summed E-state index contributed by atoms with van der Waals surface area (Å²) < 4.78 is 5.88. The summed E-state index contributed by atoms with van der Waals surface area (Å²) in [6.07, 6.45) is 0.0563. The molecule has 1 fully saturated rings. The molecule has 0 amide bonds. The fraction of sp³-hybridized carbons (Fsp3) is 0.154. The molecule has 0 atom stereocenters. The van der Waals surface area contributed by atoms with Gasteiger partial charge in [0.2, 0.25) is 0 Å². The summed E-state index contributed by atoms with van der Waals surface area (Å²) in [5, 5.41) is 2.47. The largest absolute Gasteiger partial charge is 0.496 e. The molecular weight excluding hydrogens is 356 g/mol. The second-order valence-corrected chi connectivity index (χ2v) is 7.33. The van der Waals surface area contributed by atoms with Crippen molar-refractivity contribution in [3.05, 3.63) is 103 Å². The quantitative estimate of drug-likeness (QED) is 0.440. The Morgan fingerprint density at radius 1 is 0.655 bits per heavy atom. The minimum Gasteiger partial charge on any atom is -0.496 e. The maximum Gasteiger partial charge on any atom is 0.132 e. The molecule has 29 heavy (non-hydrogen) atoms. The average Bonchev–Trinajstić information content (AvgIpc) is 3.24. The number of para-hydroxylation sites is 2. The highest BCUT2D eigenvalue weighted by Crippen LogP contribution is 2.43. The first-order valence-corrected chi connectivity index (χ1v) is 10.1. The Morgan fingerprint density at radius 3 is 1.79 bits per heavy atom. The number of anilines is 2. The van der Waals surface area contributed by atoms with E-state index in [1.165, 1.54) is 27.7 Å². The summed E-state index contributed by atoms with van der Waals surface area (Å²) in [6.45, 7) is 1.91. The minimum absolute atomic E-state index is 0.0563. The van der Waals surface area contributed by atoms with Gasteiger partial charge in [-0.1, -0.05) is 66.7 Å². The van der Waals surface area contributed by atoms with Crippen molar-refractivity contribution in [3.63, 3.8) is 0 Å². The molecule has 5 rings (SSSR count). The molecule has 0 aliphatic carbocycles. The lowest BCUT2D eigenvalue weighted by atomic mass is 9.99. The molecule has 0 aromatic heterocycles. The van der Waals surface area contributed by atoms with E-state index < -0.39 is 0 Å². The summed E-state index contributed by atoms with van der Waals surface area (Å²) in [7, 11) is 1.77. The first-order chi connectivity index (χ1) is 14.4. The number of hydrogen-bond donors (Lipinski definition) is 0. The fourth-order valence-corrected chi connectivity index (χ4v) is 4.44. The predicted molar refractivity (Wildman–Crippen MR) is 121 cm³/mol. The Morgan fingerprint density at radius 2 is 1.21 bits per heavy atom. The van der Waals surface area contributed by atoms with Crippen LogP contribution in [-0.2, 0) is 0 Å². The van der Waals surface area contributed by atoms with Gasteiger partial charge in [-0.05, 0) is 41.1 Å². The number of nitrogens with zero attached hydrogens (tertiary/aromatic N) is 2. The molecule has 0 unspecified atom stereocenters. The van der Waals surface area contributed by atoms with Crippen molar-refractivity contribution >= 4 is 22.1 Å². The second kappa shape index (κ2) is 7.51. The van der Waals surface area contributed by atoms with E-state index in [-0.39, 0.29) is 6.17 Å². The van der Waals surface area contributed by atoms with E-state index in [0.29, 0.717) is 0 Å². The second-order valence-electron chi connectivity index (χ2n) is 7.33. The highest BCUT2D eigenvalue weighted by atomic mass is 16.5. The van der Waals surface area contributed by atoms with Gasteiger partial charge in [0, 0.05) is 30.0 Å². The van der Waals surface area contributed by atoms with E-state index in [0.717, 1.165) is 18.8 Å². The van der Waals surface area contributed by atoms with E-state index in [1.54, 1.807) is 7.11 Å². The molecule has 4 aromatic rings. The van der Waals surface area contributed by atoms with Crippen LogP contribution in [-0.4, -0.2) is 20.2 Å². The molecule has 3 nitrogen and oxygen atoms in total. The number of hydrogen-bond acceptors (Lipinski definition) is 3. The van der Waals surface area contributed by atoms with Crippen LogP contribution >= 0.6 is 0 Å². The molecule has 4 aromatic carbocycles. The Bertz CT molecular complexity index is 1060. The molecule has 1 heterocycles. The van der Waals surface area contributed by atoms with E-state index in [9.17, 15) is 0 Å². The van der Waals surface area contributed by atoms with Gasteiger partial charge in [-0.25, -0.2) is 0 Å². The smallest absolute Gasteiger partial charge is 0.132 e. The summed E-state index contributed by atoms with van der Waals surface area (Å²) in [5.41, 5.74) is 3.67. The molecule has 144 valence electrons. The van der Waals surface area contributed by atoms with Gasteiger partial charge < -0.3 is 14.5 Å². The van der Waals surface area contributed by atoms with Crippen molar-refractivity contribution in [2.45, 2.75) is 6.17 Å². The van der Waals surface area contributed by atoms with Crippen molar-refractivity contribution in [2.24, 2.45) is 0 Å². The highest BCUT2D eigenvalue weighted by molar-refractivity contribution is 5.89. The van der Waals surface area contributed by atoms with Crippen LogP contribution < -0.4 is 14.5 Å². The monoisotopic (exact) mass is 380 g/mol. The van der Waals surface area contributed by atoms with Gasteiger partial charge in [0.15, 0.2) is 0 Å². The van der Waals surface area contributed by atoms with Gasteiger partial charge in [-0.15, -0.1) is 0 Å². The molecule has 0 spiro atoms. The van der Waals surface area contributed by atoms with Crippen LogP contribution in [0.5, 0.6) is 5.75 Å².